The average Bonchev–Trinajstić information content (AvgIpc) is 3.51. The van der Waals surface area contributed by atoms with Crippen LogP contribution in [0.3, 0.4) is 0 Å². The third kappa shape index (κ3) is 4.88. The normalized spacial score (nSPS) is 11.0. The maximum atomic E-state index is 13.3. The highest BCUT2D eigenvalue weighted by molar-refractivity contribution is 7.18. The Bertz CT molecular complexity index is 1710. The van der Waals surface area contributed by atoms with E-state index in [9.17, 15) is 19.5 Å². The summed E-state index contributed by atoms with van der Waals surface area (Å²) in [6.07, 6.45) is -0.0139. The largest absolute Gasteiger partial charge is 0.528 e. The third-order valence-corrected chi connectivity index (χ3v) is 7.16. The van der Waals surface area contributed by atoms with E-state index in [1.165, 1.54) is 18.3 Å². The van der Waals surface area contributed by atoms with E-state index in [1.807, 2.05) is 55.5 Å². The van der Waals surface area contributed by atoms with Crippen molar-refractivity contribution in [1.29, 1.82) is 0 Å². The van der Waals surface area contributed by atoms with Gasteiger partial charge in [-0.15, -0.1) is 11.3 Å². The molecule has 3 heterocycles. The van der Waals surface area contributed by atoms with E-state index in [1.54, 1.807) is 10.6 Å². The molecule has 0 N–H and O–H groups in total. The van der Waals surface area contributed by atoms with Gasteiger partial charge in [-0.05, 0) is 36.1 Å². The number of rotatable bonds is 7. The van der Waals surface area contributed by atoms with E-state index < -0.39 is 17.3 Å². The van der Waals surface area contributed by atoms with Gasteiger partial charge < -0.3 is 9.63 Å². The first-order chi connectivity index (χ1) is 17.4. The van der Waals surface area contributed by atoms with Gasteiger partial charge in [0.05, 0.1) is 18.5 Å². The minimum absolute atomic E-state index is 0. The van der Waals surface area contributed by atoms with Gasteiger partial charge in [-0.25, -0.2) is 9.78 Å². The van der Waals surface area contributed by atoms with Gasteiger partial charge in [0.15, 0.2) is 11.9 Å². The molecule has 9 nitrogen and oxygen atoms in total. The first-order valence-electron chi connectivity index (χ1n) is 11.3. The number of fused-ring (bicyclic) bond motifs is 1. The van der Waals surface area contributed by atoms with E-state index in [-0.39, 0.29) is 32.1 Å². The molecule has 0 unspecified atom stereocenters. The summed E-state index contributed by atoms with van der Waals surface area (Å²) < 4.78 is 7.17. The standard InChI is InChI=1S/C26H22N4O5S.CH4/c1-3-18-12-21-23(32)29(13-15(2)31)26(34)30(24(21)36-18)14-16-8-10-17(11-9-16)19-6-4-5-7-20(19)22-27-25(33)35-28-22;/h4-12H,3,13-14H2,1-2H3,(H,27,28,33);1H4/p-1. The van der Waals surface area contributed by atoms with E-state index in [0.717, 1.165) is 32.6 Å². The van der Waals surface area contributed by atoms with Crippen molar-refractivity contribution >= 4 is 27.3 Å². The van der Waals surface area contributed by atoms with Gasteiger partial charge >= 0.3 is 5.69 Å². The van der Waals surface area contributed by atoms with Crippen molar-refractivity contribution in [3.63, 3.8) is 0 Å². The highest BCUT2D eigenvalue weighted by Gasteiger charge is 2.17. The van der Waals surface area contributed by atoms with Crippen LogP contribution in [0.5, 0.6) is 6.08 Å². The molecule has 10 heteroatoms. The van der Waals surface area contributed by atoms with E-state index in [2.05, 4.69) is 14.7 Å². The summed E-state index contributed by atoms with van der Waals surface area (Å²) in [7, 11) is 0. The summed E-state index contributed by atoms with van der Waals surface area (Å²) in [5, 5.41) is 15.6. The van der Waals surface area contributed by atoms with Crippen LogP contribution in [0.2, 0.25) is 0 Å². The number of hydrogen-bond acceptors (Lipinski definition) is 8. The zero-order valence-electron chi connectivity index (χ0n) is 19.6. The van der Waals surface area contributed by atoms with Gasteiger partial charge in [0, 0.05) is 10.4 Å². The van der Waals surface area contributed by atoms with Crippen molar-refractivity contribution in [3.8, 4) is 28.6 Å². The van der Waals surface area contributed by atoms with Crippen molar-refractivity contribution in [1.82, 2.24) is 19.3 Å². The number of Topliss-reactive ketones (excluding diaryl/α,β-unsaturated/α-hetero) is 1. The second-order valence-corrected chi connectivity index (χ2v) is 9.49. The van der Waals surface area contributed by atoms with Gasteiger partial charge in [-0.1, -0.05) is 62.9 Å². The number of benzene rings is 2. The molecule has 0 aliphatic carbocycles. The molecule has 3 aromatic heterocycles. The summed E-state index contributed by atoms with van der Waals surface area (Å²) in [6.45, 7) is 3.32. The fraction of sp³-hybridized carbons (Fsp3) is 0.222. The average molecular weight is 518 g/mol. The summed E-state index contributed by atoms with van der Waals surface area (Å²) in [4.78, 5) is 43.3. The first kappa shape index (κ1) is 25.8. The predicted octanol–water partition coefficient (Wildman–Crippen LogP) is 3.85. The number of hydrogen-bond donors (Lipinski definition) is 0. The van der Waals surface area contributed by atoms with Crippen LogP contribution in [-0.4, -0.2) is 25.1 Å². The van der Waals surface area contributed by atoms with Crippen LogP contribution in [0.25, 0.3) is 32.7 Å². The lowest BCUT2D eigenvalue weighted by Gasteiger charge is -2.12. The molecule has 0 atom stereocenters. The Hall–Kier alpha value is -4.31. The zero-order valence-corrected chi connectivity index (χ0v) is 20.4. The van der Waals surface area contributed by atoms with Crippen LogP contribution in [-0.2, 0) is 24.3 Å². The second-order valence-electron chi connectivity index (χ2n) is 8.37. The number of aromatic nitrogens is 4. The number of carbonyl (C=O) groups is 1. The molecule has 0 aliphatic rings. The molecule has 190 valence electrons. The van der Waals surface area contributed by atoms with Crippen molar-refractivity contribution in [3.05, 3.63) is 85.9 Å². The lowest BCUT2D eigenvalue weighted by atomic mass is 9.98. The Labute approximate surface area is 216 Å². The molecular formula is C27H25N4O5S-. The molecule has 0 bridgehead atoms. The Morgan fingerprint density at radius 3 is 2.38 bits per heavy atom. The summed E-state index contributed by atoms with van der Waals surface area (Å²) in [6, 6.07) is 16.8. The Balaban J connectivity index is 0.00000320. The van der Waals surface area contributed by atoms with Gasteiger partial charge in [0.1, 0.15) is 10.6 Å². The quantitative estimate of drug-likeness (QED) is 0.321. The molecule has 0 saturated heterocycles. The van der Waals surface area contributed by atoms with Crippen LogP contribution >= 0.6 is 11.3 Å². The van der Waals surface area contributed by atoms with Gasteiger partial charge in [-0.2, -0.15) is 5.16 Å². The topological polar surface area (TPSA) is 123 Å². The number of nitrogens with zero attached hydrogens (tertiary/aromatic N) is 4. The zero-order chi connectivity index (χ0) is 25.4. The van der Waals surface area contributed by atoms with E-state index in [0.29, 0.717) is 15.8 Å². The number of carbonyl (C=O) groups excluding carboxylic acids is 1. The minimum atomic E-state index is -0.752. The molecule has 0 radical (unpaired) electrons. The lowest BCUT2D eigenvalue weighted by Crippen LogP contribution is -2.41. The molecule has 0 spiro atoms. The lowest BCUT2D eigenvalue weighted by molar-refractivity contribution is -0.303. The molecule has 0 aliphatic heterocycles. The Morgan fingerprint density at radius 1 is 1.05 bits per heavy atom. The minimum Gasteiger partial charge on any atom is -0.528 e. The molecule has 5 aromatic rings. The monoisotopic (exact) mass is 517 g/mol. The second kappa shape index (κ2) is 10.4. The van der Waals surface area contributed by atoms with Gasteiger partial charge in [0.2, 0.25) is 0 Å². The molecule has 5 rings (SSSR count). The maximum absolute atomic E-state index is 13.3. The Kier molecular flexibility index (Phi) is 7.21. The van der Waals surface area contributed by atoms with Crippen LogP contribution < -0.4 is 16.4 Å². The van der Waals surface area contributed by atoms with Crippen molar-refractivity contribution < 1.29 is 14.4 Å². The summed E-state index contributed by atoms with van der Waals surface area (Å²) in [5.74, 6) is -0.0504. The summed E-state index contributed by atoms with van der Waals surface area (Å²) >= 11 is 1.42. The Morgan fingerprint density at radius 2 is 1.76 bits per heavy atom. The van der Waals surface area contributed by atoms with Crippen LogP contribution in [0.1, 0.15) is 31.7 Å². The van der Waals surface area contributed by atoms with Crippen molar-refractivity contribution in [2.45, 2.75) is 40.8 Å². The van der Waals surface area contributed by atoms with Crippen LogP contribution in [0.15, 0.2) is 68.7 Å². The molecule has 0 saturated carbocycles. The first-order valence-corrected chi connectivity index (χ1v) is 12.1. The van der Waals surface area contributed by atoms with Gasteiger partial charge in [-0.3, -0.25) is 18.7 Å². The SMILES string of the molecule is C.CCc1cc2c(=O)n(CC(C)=O)c(=O)n(Cc3ccc(-c4ccccc4-c4noc([O-])n4)cc3)c2s1. The highest BCUT2D eigenvalue weighted by atomic mass is 32.1. The molecule has 37 heavy (non-hydrogen) atoms. The molecular weight excluding hydrogens is 492 g/mol. The summed E-state index contributed by atoms with van der Waals surface area (Å²) in [5.41, 5.74) is 2.26. The third-order valence-electron chi connectivity index (χ3n) is 5.86. The van der Waals surface area contributed by atoms with Crippen LogP contribution in [0.4, 0.5) is 0 Å². The molecule has 2 aromatic carbocycles. The number of aryl methyl sites for hydroxylation is 1. The van der Waals surface area contributed by atoms with Crippen LogP contribution in [0, 0.1) is 0 Å². The fourth-order valence-corrected chi connectivity index (χ4v) is 5.23. The van der Waals surface area contributed by atoms with E-state index in [4.69, 9.17) is 0 Å². The number of thiophene rings is 1. The van der Waals surface area contributed by atoms with Gasteiger partial charge in [0.25, 0.3) is 5.56 Å². The van der Waals surface area contributed by atoms with Crippen molar-refractivity contribution in [2.75, 3.05) is 0 Å². The van der Waals surface area contributed by atoms with Crippen molar-refractivity contribution in [2.24, 2.45) is 0 Å². The molecule has 0 amide bonds. The highest BCUT2D eigenvalue weighted by Crippen LogP contribution is 2.31. The number of ketones is 1. The predicted molar refractivity (Wildman–Crippen MR) is 141 cm³/mol. The van der Waals surface area contributed by atoms with E-state index >= 15 is 0 Å². The maximum Gasteiger partial charge on any atom is 0.332 e. The molecule has 0 fully saturated rings. The smallest absolute Gasteiger partial charge is 0.332 e. The fourth-order valence-electron chi connectivity index (χ4n) is 4.15.